The second-order valence-electron chi connectivity index (χ2n) is 13.0. The van der Waals surface area contributed by atoms with Crippen LogP contribution in [0.1, 0.15) is 81.1 Å². The molecule has 3 aromatic rings. The molecule has 3 fully saturated rings. The summed E-state index contributed by atoms with van der Waals surface area (Å²) >= 11 is 8.11. The van der Waals surface area contributed by atoms with Crippen molar-refractivity contribution >= 4 is 56.4 Å². The molecule has 2 saturated heterocycles. The highest BCUT2D eigenvalue weighted by Gasteiger charge is 2.56. The van der Waals surface area contributed by atoms with E-state index in [2.05, 4.69) is 10.2 Å². The standard InChI is InChI=1S/C37H45ClFN3O6S/c1-3-46-34-12-9-19-42(34)37(41-17-7-8-18-41,48-26-15-13-24(14-16-26)36(45)47-4-2)33(43)21-25-20-29(38)31(22-30(25)39)40-35(44)28-23-49-32-11-6-5-10-27(28)32/h5-6,10-11,20,22-24,26,34H,3-4,7-9,12-19,21H2,1-2H3,(H,40,44). The van der Waals surface area contributed by atoms with Gasteiger partial charge in [-0.25, -0.2) is 9.29 Å². The van der Waals surface area contributed by atoms with Crippen molar-refractivity contribution in [2.45, 2.75) is 89.8 Å². The number of thiophene rings is 1. The van der Waals surface area contributed by atoms with Crippen LogP contribution in [0.3, 0.4) is 0 Å². The van der Waals surface area contributed by atoms with Gasteiger partial charge in [-0.1, -0.05) is 29.8 Å². The molecule has 12 heteroatoms. The first kappa shape index (κ1) is 35.9. The number of amides is 1. The molecule has 1 N–H and O–H groups in total. The van der Waals surface area contributed by atoms with Gasteiger partial charge in [0, 0.05) is 48.1 Å². The SMILES string of the molecule is CCOC(=O)C1CCC(OC(C(=O)Cc2cc(Cl)c(NC(=O)c3csc4ccccc34)cc2F)(N2CCCC2)N2CCCC2OCC)CC1. The quantitative estimate of drug-likeness (QED) is 0.183. The van der Waals surface area contributed by atoms with Crippen LogP contribution in [0.15, 0.2) is 41.8 Å². The highest BCUT2D eigenvalue weighted by molar-refractivity contribution is 7.17. The topological polar surface area (TPSA) is 97.4 Å². The maximum absolute atomic E-state index is 15.9. The molecule has 3 aliphatic rings. The van der Waals surface area contributed by atoms with Gasteiger partial charge in [0.1, 0.15) is 12.0 Å². The van der Waals surface area contributed by atoms with Crippen molar-refractivity contribution in [2.75, 3.05) is 38.2 Å². The molecule has 2 atom stereocenters. The van der Waals surface area contributed by atoms with Gasteiger partial charge in [0.15, 0.2) is 5.78 Å². The predicted octanol–water partition coefficient (Wildman–Crippen LogP) is 7.40. The number of anilines is 1. The molecule has 1 aliphatic carbocycles. The number of ketones is 1. The van der Waals surface area contributed by atoms with Crippen LogP contribution < -0.4 is 5.32 Å². The van der Waals surface area contributed by atoms with Crippen LogP contribution in [-0.4, -0.2) is 78.5 Å². The van der Waals surface area contributed by atoms with Gasteiger partial charge >= 0.3 is 5.97 Å². The number of nitrogens with one attached hydrogen (secondary N) is 1. The maximum Gasteiger partial charge on any atom is 0.308 e. The van der Waals surface area contributed by atoms with Gasteiger partial charge in [0.05, 0.1) is 34.9 Å². The van der Waals surface area contributed by atoms with Crippen LogP contribution >= 0.6 is 22.9 Å². The second-order valence-corrected chi connectivity index (χ2v) is 14.3. The third kappa shape index (κ3) is 7.57. The Morgan fingerprint density at radius 1 is 1.00 bits per heavy atom. The lowest BCUT2D eigenvalue weighted by Crippen LogP contribution is -2.69. The lowest BCUT2D eigenvalue weighted by molar-refractivity contribution is -0.278. The van der Waals surface area contributed by atoms with E-state index in [4.69, 9.17) is 25.8 Å². The van der Waals surface area contributed by atoms with E-state index in [1.807, 2.05) is 36.1 Å². The molecular formula is C37H45ClFN3O6S. The molecular weight excluding hydrogens is 669 g/mol. The lowest BCUT2D eigenvalue weighted by atomic mass is 9.87. The fourth-order valence-electron chi connectivity index (χ4n) is 7.55. The molecule has 264 valence electrons. The van der Waals surface area contributed by atoms with E-state index in [9.17, 15) is 14.4 Å². The first-order chi connectivity index (χ1) is 23.7. The molecule has 3 heterocycles. The van der Waals surface area contributed by atoms with Crippen LogP contribution in [0.4, 0.5) is 10.1 Å². The summed E-state index contributed by atoms with van der Waals surface area (Å²) in [6.45, 7) is 6.47. The fourth-order valence-corrected chi connectivity index (χ4v) is 8.73. The van der Waals surface area contributed by atoms with E-state index >= 15 is 4.39 Å². The zero-order valence-electron chi connectivity index (χ0n) is 28.2. The number of likely N-dealkylation sites (tertiary alicyclic amines) is 2. The van der Waals surface area contributed by atoms with Crippen molar-refractivity contribution in [1.82, 2.24) is 9.80 Å². The van der Waals surface area contributed by atoms with Crippen molar-refractivity contribution in [3.8, 4) is 0 Å². The Morgan fingerprint density at radius 2 is 1.76 bits per heavy atom. The van der Waals surface area contributed by atoms with Gasteiger partial charge in [-0.2, -0.15) is 0 Å². The molecule has 2 aromatic carbocycles. The van der Waals surface area contributed by atoms with Gasteiger partial charge in [-0.05, 0) is 89.0 Å². The summed E-state index contributed by atoms with van der Waals surface area (Å²) in [7, 11) is 0. The van der Waals surface area contributed by atoms with Crippen molar-refractivity contribution in [3.63, 3.8) is 0 Å². The van der Waals surface area contributed by atoms with Gasteiger partial charge in [0.2, 0.25) is 5.85 Å². The van der Waals surface area contributed by atoms with E-state index < -0.39 is 17.6 Å². The van der Waals surface area contributed by atoms with Crippen LogP contribution in [0.25, 0.3) is 10.1 Å². The van der Waals surface area contributed by atoms with E-state index in [-0.39, 0.29) is 52.7 Å². The van der Waals surface area contributed by atoms with Crippen molar-refractivity contribution in [3.05, 3.63) is 63.7 Å². The van der Waals surface area contributed by atoms with Crippen molar-refractivity contribution in [2.24, 2.45) is 5.92 Å². The largest absolute Gasteiger partial charge is 0.466 e. The third-order valence-corrected chi connectivity index (χ3v) is 11.2. The molecule has 49 heavy (non-hydrogen) atoms. The van der Waals surface area contributed by atoms with Crippen LogP contribution in [-0.2, 0) is 30.2 Å². The normalized spacial score (nSPS) is 23.1. The van der Waals surface area contributed by atoms with Crippen molar-refractivity contribution in [1.29, 1.82) is 0 Å². The van der Waals surface area contributed by atoms with E-state index in [1.165, 1.54) is 23.5 Å². The van der Waals surface area contributed by atoms with Crippen LogP contribution in [0.5, 0.6) is 0 Å². The van der Waals surface area contributed by atoms with Gasteiger partial charge in [-0.15, -0.1) is 11.3 Å². The number of esters is 1. The first-order valence-corrected chi connectivity index (χ1v) is 18.8. The zero-order chi connectivity index (χ0) is 34.5. The van der Waals surface area contributed by atoms with Crippen LogP contribution in [0, 0.1) is 11.7 Å². The summed E-state index contributed by atoms with van der Waals surface area (Å²) in [5.74, 6) is -3.16. The zero-order valence-corrected chi connectivity index (χ0v) is 29.8. The van der Waals surface area contributed by atoms with E-state index in [0.717, 1.165) is 35.8 Å². The summed E-state index contributed by atoms with van der Waals surface area (Å²) in [6, 6.07) is 10.2. The van der Waals surface area contributed by atoms with Gasteiger partial charge < -0.3 is 19.5 Å². The Labute approximate surface area is 296 Å². The Balaban J connectivity index is 1.27. The second kappa shape index (κ2) is 16.0. The van der Waals surface area contributed by atoms with Crippen LogP contribution in [0.2, 0.25) is 5.02 Å². The van der Waals surface area contributed by atoms with E-state index in [1.54, 1.807) is 12.3 Å². The monoisotopic (exact) mass is 713 g/mol. The number of rotatable bonds is 13. The molecule has 6 rings (SSSR count). The molecule has 1 amide bonds. The number of hydrogen-bond donors (Lipinski definition) is 1. The number of benzene rings is 2. The minimum atomic E-state index is -1.47. The number of carbonyl (C=O) groups excluding carboxylic acids is 3. The highest BCUT2D eigenvalue weighted by Crippen LogP contribution is 2.40. The molecule has 2 aliphatic heterocycles. The minimum absolute atomic E-state index is 0.124. The maximum atomic E-state index is 15.9. The van der Waals surface area contributed by atoms with Gasteiger partial charge in [-0.3, -0.25) is 19.3 Å². The number of ether oxygens (including phenoxy) is 3. The number of carbonyl (C=O) groups is 3. The van der Waals surface area contributed by atoms with E-state index in [0.29, 0.717) is 64.1 Å². The summed E-state index contributed by atoms with van der Waals surface area (Å²) in [5, 5.41) is 5.47. The molecule has 0 radical (unpaired) electrons. The molecule has 1 saturated carbocycles. The fraction of sp³-hybridized carbons (Fsp3) is 0.541. The Hall–Kier alpha value is -2.93. The highest BCUT2D eigenvalue weighted by atomic mass is 35.5. The molecule has 2 unspecified atom stereocenters. The number of halogens is 2. The Bertz CT molecular complexity index is 1660. The van der Waals surface area contributed by atoms with Crippen molar-refractivity contribution < 1.29 is 33.0 Å². The summed E-state index contributed by atoms with van der Waals surface area (Å²) in [5.41, 5.74) is 0.737. The molecule has 9 nitrogen and oxygen atoms in total. The lowest BCUT2D eigenvalue weighted by Gasteiger charge is -2.50. The minimum Gasteiger partial charge on any atom is -0.466 e. The smallest absolute Gasteiger partial charge is 0.308 e. The number of nitrogens with zero attached hydrogens (tertiary/aromatic N) is 2. The molecule has 0 bridgehead atoms. The average Bonchev–Trinajstić information content (AvgIpc) is 3.89. The molecule has 1 aromatic heterocycles. The number of hydrogen-bond acceptors (Lipinski definition) is 9. The third-order valence-electron chi connectivity index (χ3n) is 9.93. The first-order valence-electron chi connectivity index (χ1n) is 17.5. The molecule has 0 spiro atoms. The summed E-state index contributed by atoms with van der Waals surface area (Å²) in [4.78, 5) is 44.7. The predicted molar refractivity (Wildman–Crippen MR) is 188 cm³/mol. The number of Topliss-reactive ketones (excluding diaryl/α,β-unsaturated/α-hetero) is 1. The average molecular weight is 714 g/mol. The summed E-state index contributed by atoms with van der Waals surface area (Å²) < 4.78 is 35.4. The number of fused-ring (bicyclic) bond motifs is 1. The summed E-state index contributed by atoms with van der Waals surface area (Å²) in [6.07, 6.45) is 4.97. The van der Waals surface area contributed by atoms with Gasteiger partial charge in [0.25, 0.3) is 5.91 Å². The Kier molecular flexibility index (Phi) is 11.7. The Morgan fingerprint density at radius 3 is 2.49 bits per heavy atom.